The fraction of sp³-hybridized carbons (Fsp3) is 0.571. The number of aliphatic hydroxyl groups excluding tert-OH is 1. The molecule has 0 amide bonds. The summed E-state index contributed by atoms with van der Waals surface area (Å²) in [6, 6.07) is 2.37. The van der Waals surface area contributed by atoms with Crippen LogP contribution in [0.15, 0.2) is 23.1 Å². The van der Waals surface area contributed by atoms with Gasteiger partial charge in [0.1, 0.15) is 16.5 Å². The first-order valence-electron chi connectivity index (χ1n) is 6.99. The van der Waals surface area contributed by atoms with Crippen molar-refractivity contribution in [3.63, 3.8) is 0 Å². The summed E-state index contributed by atoms with van der Waals surface area (Å²) in [7, 11) is -4.01. The Morgan fingerprint density at radius 1 is 1.19 bits per heavy atom. The number of aliphatic hydroxyl groups is 1. The molecule has 1 fully saturated rings. The average Bonchev–Trinajstić information content (AvgIpc) is 2.45. The Labute approximate surface area is 123 Å². The van der Waals surface area contributed by atoms with Gasteiger partial charge in [-0.05, 0) is 36.8 Å². The molecule has 0 spiro atoms. The van der Waals surface area contributed by atoms with Crippen molar-refractivity contribution in [2.24, 2.45) is 11.8 Å². The Bertz CT molecular complexity index is 592. The van der Waals surface area contributed by atoms with Crippen LogP contribution in [-0.2, 0) is 10.0 Å². The van der Waals surface area contributed by atoms with E-state index in [4.69, 9.17) is 0 Å². The van der Waals surface area contributed by atoms with E-state index in [1.165, 1.54) is 0 Å². The molecule has 0 aromatic heterocycles. The van der Waals surface area contributed by atoms with E-state index in [1.54, 1.807) is 0 Å². The minimum atomic E-state index is -4.01. The molecule has 2 unspecified atom stereocenters. The molecular weight excluding hydrogens is 300 g/mol. The molecule has 0 aliphatic heterocycles. The molecule has 7 heteroatoms. The van der Waals surface area contributed by atoms with E-state index in [0.29, 0.717) is 6.07 Å². The molecule has 0 radical (unpaired) electrons. The molecule has 1 aliphatic carbocycles. The van der Waals surface area contributed by atoms with Crippen molar-refractivity contribution in [3.05, 3.63) is 29.8 Å². The van der Waals surface area contributed by atoms with Gasteiger partial charge in [0.2, 0.25) is 10.0 Å². The Kier molecular flexibility index (Phi) is 5.29. The number of sulfonamides is 1. The molecule has 4 nitrogen and oxygen atoms in total. The van der Waals surface area contributed by atoms with Crippen LogP contribution in [0.1, 0.15) is 25.7 Å². The molecule has 0 bridgehead atoms. The highest BCUT2D eigenvalue weighted by Gasteiger charge is 2.27. The van der Waals surface area contributed by atoms with Crippen molar-refractivity contribution < 1.29 is 22.3 Å². The third-order valence-corrected chi connectivity index (χ3v) is 5.48. The van der Waals surface area contributed by atoms with Crippen molar-refractivity contribution in [2.75, 3.05) is 13.2 Å². The Hall–Kier alpha value is -1.05. The highest BCUT2D eigenvalue weighted by atomic mass is 32.2. The summed E-state index contributed by atoms with van der Waals surface area (Å²) in [5, 5.41) is 9.30. The Balaban J connectivity index is 2.07. The molecule has 2 N–H and O–H groups in total. The molecule has 0 saturated heterocycles. The fourth-order valence-corrected chi connectivity index (χ4v) is 3.93. The van der Waals surface area contributed by atoms with Gasteiger partial charge in [0, 0.05) is 19.2 Å². The topological polar surface area (TPSA) is 66.4 Å². The van der Waals surface area contributed by atoms with Crippen LogP contribution in [0.4, 0.5) is 8.78 Å². The molecule has 2 atom stereocenters. The second-order valence-electron chi connectivity index (χ2n) is 5.41. The van der Waals surface area contributed by atoms with Crippen LogP contribution in [-0.4, -0.2) is 26.7 Å². The number of hydrogen-bond donors (Lipinski definition) is 2. The lowest BCUT2D eigenvalue weighted by Gasteiger charge is -2.30. The molecule has 1 aromatic rings. The van der Waals surface area contributed by atoms with E-state index >= 15 is 0 Å². The van der Waals surface area contributed by atoms with Gasteiger partial charge in [-0.25, -0.2) is 21.9 Å². The van der Waals surface area contributed by atoms with E-state index in [1.807, 2.05) is 0 Å². The van der Waals surface area contributed by atoms with Gasteiger partial charge in [0.05, 0.1) is 0 Å². The summed E-state index contributed by atoms with van der Waals surface area (Å²) in [5.41, 5.74) is 0. The molecule has 2 rings (SSSR count). The smallest absolute Gasteiger partial charge is 0.243 e. The predicted molar refractivity (Wildman–Crippen MR) is 74.1 cm³/mol. The van der Waals surface area contributed by atoms with Crippen LogP contribution in [0.2, 0.25) is 0 Å². The Morgan fingerprint density at radius 2 is 1.86 bits per heavy atom. The van der Waals surface area contributed by atoms with Crippen LogP contribution in [0.25, 0.3) is 0 Å². The van der Waals surface area contributed by atoms with Crippen LogP contribution in [0.5, 0.6) is 0 Å². The van der Waals surface area contributed by atoms with E-state index in [2.05, 4.69) is 4.72 Å². The van der Waals surface area contributed by atoms with Crippen molar-refractivity contribution in [3.8, 4) is 0 Å². The first-order valence-corrected chi connectivity index (χ1v) is 8.48. The standard InChI is InChI=1S/C14H19F2NO3S/c15-12-5-6-14(13(16)7-12)21(19,20)17-8-10-3-1-2-4-11(10)9-18/h5-7,10-11,17-18H,1-4,8-9H2. The second-order valence-corrected chi connectivity index (χ2v) is 7.15. The van der Waals surface area contributed by atoms with Gasteiger partial charge >= 0.3 is 0 Å². The maximum absolute atomic E-state index is 13.6. The van der Waals surface area contributed by atoms with Gasteiger partial charge < -0.3 is 5.11 Å². The average molecular weight is 319 g/mol. The quantitative estimate of drug-likeness (QED) is 0.873. The summed E-state index contributed by atoms with van der Waals surface area (Å²) in [6.07, 6.45) is 3.72. The van der Waals surface area contributed by atoms with Gasteiger partial charge in [-0.15, -0.1) is 0 Å². The van der Waals surface area contributed by atoms with Crippen molar-refractivity contribution in [1.29, 1.82) is 0 Å². The van der Waals surface area contributed by atoms with Crippen molar-refractivity contribution in [1.82, 2.24) is 4.72 Å². The zero-order valence-electron chi connectivity index (χ0n) is 11.6. The summed E-state index contributed by atoms with van der Waals surface area (Å²) < 4.78 is 52.9. The zero-order chi connectivity index (χ0) is 15.5. The number of benzene rings is 1. The van der Waals surface area contributed by atoms with Crippen LogP contribution < -0.4 is 4.72 Å². The molecule has 21 heavy (non-hydrogen) atoms. The lowest BCUT2D eigenvalue weighted by atomic mass is 9.80. The first kappa shape index (κ1) is 16.3. The van der Waals surface area contributed by atoms with Crippen LogP contribution in [0.3, 0.4) is 0 Å². The van der Waals surface area contributed by atoms with Crippen LogP contribution >= 0.6 is 0 Å². The third-order valence-electron chi connectivity index (χ3n) is 4.02. The van der Waals surface area contributed by atoms with Crippen molar-refractivity contribution in [2.45, 2.75) is 30.6 Å². The van der Waals surface area contributed by atoms with E-state index in [9.17, 15) is 22.3 Å². The minimum absolute atomic E-state index is 0.0251. The molecular formula is C14H19F2NO3S. The van der Waals surface area contributed by atoms with Crippen molar-refractivity contribution >= 4 is 10.0 Å². The molecule has 1 aliphatic rings. The number of hydrogen-bond acceptors (Lipinski definition) is 3. The predicted octanol–water partition coefficient (Wildman–Crippen LogP) is 2.04. The Morgan fingerprint density at radius 3 is 2.48 bits per heavy atom. The van der Waals surface area contributed by atoms with Crippen LogP contribution in [0, 0.1) is 23.5 Å². The highest BCUT2D eigenvalue weighted by molar-refractivity contribution is 7.89. The van der Waals surface area contributed by atoms with Gasteiger partial charge in [0.15, 0.2) is 0 Å². The van der Waals surface area contributed by atoms with Gasteiger partial charge in [-0.3, -0.25) is 0 Å². The summed E-state index contributed by atoms with van der Waals surface area (Å²) in [4.78, 5) is -0.555. The minimum Gasteiger partial charge on any atom is -0.396 e. The van der Waals surface area contributed by atoms with E-state index < -0.39 is 26.6 Å². The maximum atomic E-state index is 13.6. The second kappa shape index (κ2) is 6.81. The summed E-state index contributed by atoms with van der Waals surface area (Å²) in [6.45, 7) is 0.182. The van der Waals surface area contributed by atoms with Gasteiger partial charge in [-0.1, -0.05) is 12.8 Å². The number of nitrogens with one attached hydrogen (secondary N) is 1. The highest BCUT2D eigenvalue weighted by Crippen LogP contribution is 2.29. The van der Waals surface area contributed by atoms with E-state index in [-0.39, 0.29) is 25.0 Å². The SMILES string of the molecule is O=S(=O)(NCC1CCCCC1CO)c1ccc(F)cc1F. The maximum Gasteiger partial charge on any atom is 0.243 e. The summed E-state index contributed by atoms with van der Waals surface area (Å²) in [5.74, 6) is -1.81. The summed E-state index contributed by atoms with van der Waals surface area (Å²) >= 11 is 0. The van der Waals surface area contributed by atoms with E-state index in [0.717, 1.165) is 37.8 Å². The molecule has 0 heterocycles. The lowest BCUT2D eigenvalue weighted by Crippen LogP contribution is -2.35. The third kappa shape index (κ3) is 3.99. The number of halogens is 2. The molecule has 118 valence electrons. The van der Waals surface area contributed by atoms with Gasteiger partial charge in [-0.2, -0.15) is 0 Å². The monoisotopic (exact) mass is 319 g/mol. The molecule has 1 aromatic carbocycles. The first-order chi connectivity index (χ1) is 9.94. The zero-order valence-corrected chi connectivity index (χ0v) is 12.4. The normalized spacial score (nSPS) is 23.2. The van der Waals surface area contributed by atoms with Gasteiger partial charge in [0.25, 0.3) is 0 Å². The largest absolute Gasteiger partial charge is 0.396 e. The lowest BCUT2D eigenvalue weighted by molar-refractivity contribution is 0.136. The molecule has 1 saturated carbocycles. The number of rotatable bonds is 5. The fourth-order valence-electron chi connectivity index (χ4n) is 2.78.